The van der Waals surface area contributed by atoms with Gasteiger partial charge < -0.3 is 10.1 Å². The SMILES string of the molecule is CCCNC(CCCS(C)(=O)=O)COCC(F)(F)F. The Bertz CT molecular complexity index is 331. The highest BCUT2D eigenvalue weighted by Crippen LogP contribution is 2.14. The fourth-order valence-electron chi connectivity index (χ4n) is 1.50. The number of hydrogen-bond acceptors (Lipinski definition) is 4. The van der Waals surface area contributed by atoms with Crippen LogP contribution in [0.2, 0.25) is 0 Å². The van der Waals surface area contributed by atoms with E-state index in [0.29, 0.717) is 19.4 Å². The van der Waals surface area contributed by atoms with Crippen LogP contribution in [0.15, 0.2) is 0 Å². The molecule has 19 heavy (non-hydrogen) atoms. The number of sulfone groups is 1. The second-order valence-electron chi connectivity index (χ2n) is 4.55. The van der Waals surface area contributed by atoms with Crippen molar-refractivity contribution in [1.82, 2.24) is 5.32 Å². The van der Waals surface area contributed by atoms with Gasteiger partial charge in [-0.2, -0.15) is 13.2 Å². The van der Waals surface area contributed by atoms with Gasteiger partial charge in [0, 0.05) is 18.1 Å². The van der Waals surface area contributed by atoms with Crippen molar-refractivity contribution in [2.45, 2.75) is 38.4 Å². The van der Waals surface area contributed by atoms with Crippen LogP contribution in [0.3, 0.4) is 0 Å². The average molecular weight is 305 g/mol. The van der Waals surface area contributed by atoms with Gasteiger partial charge in [0.1, 0.15) is 16.4 Å². The van der Waals surface area contributed by atoms with Crippen LogP contribution in [0.4, 0.5) is 13.2 Å². The van der Waals surface area contributed by atoms with E-state index in [1.165, 1.54) is 0 Å². The van der Waals surface area contributed by atoms with Crippen molar-refractivity contribution in [3.63, 3.8) is 0 Å². The van der Waals surface area contributed by atoms with E-state index in [2.05, 4.69) is 10.1 Å². The lowest BCUT2D eigenvalue weighted by Gasteiger charge is -2.19. The van der Waals surface area contributed by atoms with E-state index in [0.717, 1.165) is 12.7 Å². The highest BCUT2D eigenvalue weighted by molar-refractivity contribution is 7.90. The third-order valence-electron chi connectivity index (χ3n) is 2.34. The van der Waals surface area contributed by atoms with E-state index in [1.807, 2.05) is 6.92 Å². The number of nitrogens with one attached hydrogen (secondary N) is 1. The quantitative estimate of drug-likeness (QED) is 0.668. The molecule has 1 atom stereocenters. The molecule has 0 aromatic carbocycles. The molecule has 1 unspecified atom stereocenters. The van der Waals surface area contributed by atoms with Crippen molar-refractivity contribution < 1.29 is 26.3 Å². The Kier molecular flexibility index (Phi) is 8.60. The molecule has 116 valence electrons. The molecular formula is C11H22F3NO3S. The Hall–Kier alpha value is -0.340. The van der Waals surface area contributed by atoms with Gasteiger partial charge in [-0.05, 0) is 25.8 Å². The summed E-state index contributed by atoms with van der Waals surface area (Å²) in [5.74, 6) is 0.0383. The van der Waals surface area contributed by atoms with Gasteiger partial charge in [-0.3, -0.25) is 0 Å². The molecule has 0 saturated heterocycles. The maximum Gasteiger partial charge on any atom is 0.411 e. The van der Waals surface area contributed by atoms with Gasteiger partial charge in [-0.25, -0.2) is 8.42 Å². The summed E-state index contributed by atoms with van der Waals surface area (Å²) in [6, 6.07) is -0.246. The molecule has 0 aliphatic rings. The first kappa shape index (κ1) is 18.7. The van der Waals surface area contributed by atoms with Crippen molar-refractivity contribution in [2.75, 3.05) is 31.8 Å². The first-order valence-corrected chi connectivity index (χ1v) is 8.25. The van der Waals surface area contributed by atoms with E-state index in [4.69, 9.17) is 0 Å². The normalized spacial score (nSPS) is 14.6. The molecule has 8 heteroatoms. The highest BCUT2D eigenvalue weighted by atomic mass is 32.2. The Morgan fingerprint density at radius 3 is 2.42 bits per heavy atom. The van der Waals surface area contributed by atoms with Gasteiger partial charge in [0.2, 0.25) is 0 Å². The highest BCUT2D eigenvalue weighted by Gasteiger charge is 2.27. The number of hydrogen-bond donors (Lipinski definition) is 1. The van der Waals surface area contributed by atoms with Crippen molar-refractivity contribution in [1.29, 1.82) is 0 Å². The second kappa shape index (κ2) is 8.76. The van der Waals surface area contributed by atoms with Crippen molar-refractivity contribution >= 4 is 9.84 Å². The standard InChI is InChI=1S/C11H22F3NO3S/c1-3-6-15-10(5-4-7-19(2,16)17)8-18-9-11(12,13)14/h10,15H,3-9H2,1-2H3. The summed E-state index contributed by atoms with van der Waals surface area (Å²) < 4.78 is 62.4. The number of halogens is 3. The lowest BCUT2D eigenvalue weighted by atomic mass is 10.2. The van der Waals surface area contributed by atoms with Crippen LogP contribution >= 0.6 is 0 Å². The number of alkyl halides is 3. The summed E-state index contributed by atoms with van der Waals surface area (Å²) in [5.41, 5.74) is 0. The lowest BCUT2D eigenvalue weighted by Crippen LogP contribution is -2.35. The molecule has 0 aromatic heterocycles. The van der Waals surface area contributed by atoms with Gasteiger partial charge in [-0.1, -0.05) is 6.92 Å². The van der Waals surface area contributed by atoms with Crippen LogP contribution in [0.5, 0.6) is 0 Å². The molecule has 0 amide bonds. The van der Waals surface area contributed by atoms with Crippen molar-refractivity contribution in [3.8, 4) is 0 Å². The predicted molar refractivity (Wildman–Crippen MR) is 67.9 cm³/mol. The van der Waals surface area contributed by atoms with E-state index >= 15 is 0 Å². The Morgan fingerprint density at radius 2 is 1.95 bits per heavy atom. The molecular weight excluding hydrogens is 283 g/mol. The molecule has 0 saturated carbocycles. The Balaban J connectivity index is 4.01. The van der Waals surface area contributed by atoms with Crippen LogP contribution in [-0.2, 0) is 14.6 Å². The van der Waals surface area contributed by atoms with Gasteiger partial charge in [0.05, 0.1) is 6.61 Å². The maximum absolute atomic E-state index is 11.9. The first-order valence-electron chi connectivity index (χ1n) is 6.19. The third kappa shape index (κ3) is 13.9. The van der Waals surface area contributed by atoms with Crippen LogP contribution in [0.1, 0.15) is 26.2 Å². The summed E-state index contributed by atoms with van der Waals surface area (Å²) in [4.78, 5) is 0. The largest absolute Gasteiger partial charge is 0.411 e. The van der Waals surface area contributed by atoms with Crippen molar-refractivity contribution in [3.05, 3.63) is 0 Å². The zero-order valence-corrected chi connectivity index (χ0v) is 12.1. The molecule has 0 radical (unpaired) electrons. The number of ether oxygens (including phenoxy) is 1. The first-order chi connectivity index (χ1) is 8.64. The van der Waals surface area contributed by atoms with E-state index in [1.54, 1.807) is 0 Å². The maximum atomic E-state index is 11.9. The molecule has 0 fully saturated rings. The minimum Gasteiger partial charge on any atom is -0.370 e. The van der Waals surface area contributed by atoms with E-state index in [-0.39, 0.29) is 18.4 Å². The Morgan fingerprint density at radius 1 is 1.32 bits per heavy atom. The van der Waals surface area contributed by atoms with Crippen LogP contribution < -0.4 is 5.32 Å². The molecule has 1 N–H and O–H groups in total. The van der Waals surface area contributed by atoms with Gasteiger partial charge >= 0.3 is 6.18 Å². The molecule has 0 aromatic rings. The molecule has 0 spiro atoms. The molecule has 0 rings (SSSR count). The van der Waals surface area contributed by atoms with E-state index in [9.17, 15) is 21.6 Å². The summed E-state index contributed by atoms with van der Waals surface area (Å²) in [5, 5.41) is 3.05. The van der Waals surface area contributed by atoms with Crippen LogP contribution in [-0.4, -0.2) is 52.4 Å². The zero-order valence-electron chi connectivity index (χ0n) is 11.3. The fraction of sp³-hybridized carbons (Fsp3) is 1.00. The minimum atomic E-state index is -4.33. The van der Waals surface area contributed by atoms with Crippen LogP contribution in [0, 0.1) is 0 Å². The summed E-state index contributed by atoms with van der Waals surface area (Å²) in [7, 11) is -3.03. The molecule has 0 heterocycles. The van der Waals surface area contributed by atoms with Gasteiger partial charge in [0.15, 0.2) is 0 Å². The predicted octanol–water partition coefficient (Wildman–Crippen LogP) is 1.76. The molecule has 0 aliphatic carbocycles. The summed E-state index contributed by atoms with van der Waals surface area (Å²) in [6.07, 6.45) is -1.45. The number of rotatable bonds is 10. The van der Waals surface area contributed by atoms with Gasteiger partial charge in [0.25, 0.3) is 0 Å². The summed E-state index contributed by atoms with van der Waals surface area (Å²) >= 11 is 0. The molecule has 0 aliphatic heterocycles. The van der Waals surface area contributed by atoms with E-state index < -0.39 is 22.6 Å². The van der Waals surface area contributed by atoms with Crippen molar-refractivity contribution in [2.24, 2.45) is 0 Å². The third-order valence-corrected chi connectivity index (χ3v) is 3.37. The smallest absolute Gasteiger partial charge is 0.370 e. The summed E-state index contributed by atoms with van der Waals surface area (Å²) in [6.45, 7) is 1.27. The molecule has 4 nitrogen and oxygen atoms in total. The monoisotopic (exact) mass is 305 g/mol. The second-order valence-corrected chi connectivity index (χ2v) is 6.81. The fourth-order valence-corrected chi connectivity index (χ4v) is 2.19. The van der Waals surface area contributed by atoms with Crippen LogP contribution in [0.25, 0.3) is 0 Å². The topological polar surface area (TPSA) is 55.4 Å². The Labute approximate surface area is 112 Å². The average Bonchev–Trinajstić information content (AvgIpc) is 2.21. The lowest BCUT2D eigenvalue weighted by molar-refractivity contribution is -0.175. The molecule has 0 bridgehead atoms. The van der Waals surface area contributed by atoms with Gasteiger partial charge in [-0.15, -0.1) is 0 Å². The zero-order chi connectivity index (χ0) is 14.9. The minimum absolute atomic E-state index is 0.0383.